The molecule has 1 aromatic carbocycles. The van der Waals surface area contributed by atoms with Crippen molar-refractivity contribution < 1.29 is 4.79 Å². The average molecular weight is 340 g/mol. The topological polar surface area (TPSA) is 33.2 Å². The van der Waals surface area contributed by atoms with Crippen LogP contribution in [0.2, 0.25) is 0 Å². The first kappa shape index (κ1) is 14.6. The van der Waals surface area contributed by atoms with Gasteiger partial charge in [0, 0.05) is 22.0 Å². The Bertz CT molecular complexity index is 881. The van der Waals surface area contributed by atoms with Crippen molar-refractivity contribution in [3.05, 3.63) is 57.9 Å². The van der Waals surface area contributed by atoms with E-state index < -0.39 is 0 Å². The van der Waals surface area contributed by atoms with Gasteiger partial charge in [-0.05, 0) is 44.0 Å². The molecule has 3 heterocycles. The Morgan fingerprint density at radius 1 is 1.26 bits per heavy atom. The van der Waals surface area contributed by atoms with E-state index in [2.05, 4.69) is 37.0 Å². The highest BCUT2D eigenvalue weighted by atomic mass is 32.1. The number of para-hydroxylation sites is 1. The zero-order valence-corrected chi connectivity index (χ0v) is 14.6. The molecule has 3 nitrogen and oxygen atoms in total. The fourth-order valence-corrected chi connectivity index (χ4v) is 4.77. The van der Waals surface area contributed by atoms with Gasteiger partial charge < -0.3 is 4.90 Å². The Kier molecular flexibility index (Phi) is 3.54. The predicted molar refractivity (Wildman–Crippen MR) is 96.6 cm³/mol. The summed E-state index contributed by atoms with van der Waals surface area (Å²) in [5, 5.41) is 2.80. The Labute approximate surface area is 143 Å². The van der Waals surface area contributed by atoms with Crippen molar-refractivity contribution in [1.29, 1.82) is 0 Å². The fraction of sp³-hybridized carbons (Fsp3) is 0.222. The number of carbonyl (C=O) groups excluding carboxylic acids is 1. The van der Waals surface area contributed by atoms with Crippen molar-refractivity contribution in [3.8, 4) is 9.88 Å². The van der Waals surface area contributed by atoms with Crippen molar-refractivity contribution in [2.24, 2.45) is 0 Å². The van der Waals surface area contributed by atoms with Gasteiger partial charge in [-0.1, -0.05) is 18.2 Å². The van der Waals surface area contributed by atoms with Crippen LogP contribution >= 0.6 is 22.7 Å². The maximum Gasteiger partial charge on any atom is 0.278 e. The number of thiophene rings is 1. The van der Waals surface area contributed by atoms with Crippen LogP contribution in [0.1, 0.15) is 27.9 Å². The minimum atomic E-state index is -0.00164. The van der Waals surface area contributed by atoms with Crippen LogP contribution in [0.4, 0.5) is 5.69 Å². The van der Waals surface area contributed by atoms with E-state index in [1.165, 1.54) is 21.8 Å². The third kappa shape index (κ3) is 2.50. The Balaban J connectivity index is 1.66. The number of hydrogen-bond acceptors (Lipinski definition) is 4. The molecule has 0 aliphatic carbocycles. The van der Waals surface area contributed by atoms with E-state index in [9.17, 15) is 4.79 Å². The highest BCUT2D eigenvalue weighted by Gasteiger charge is 2.32. The Morgan fingerprint density at radius 2 is 2.09 bits per heavy atom. The van der Waals surface area contributed by atoms with Gasteiger partial charge in [0.15, 0.2) is 0 Å². The van der Waals surface area contributed by atoms with Crippen LogP contribution in [-0.4, -0.2) is 16.9 Å². The molecule has 3 aromatic rings. The van der Waals surface area contributed by atoms with E-state index in [-0.39, 0.29) is 11.9 Å². The van der Waals surface area contributed by atoms with E-state index in [0.717, 1.165) is 22.0 Å². The molecule has 2 aromatic heterocycles. The van der Waals surface area contributed by atoms with E-state index in [1.54, 1.807) is 11.3 Å². The number of anilines is 1. The summed E-state index contributed by atoms with van der Waals surface area (Å²) in [5.74, 6) is -0.00164. The van der Waals surface area contributed by atoms with Crippen LogP contribution in [0, 0.1) is 6.92 Å². The number of hydrogen-bond donors (Lipinski definition) is 0. The second-order valence-electron chi connectivity index (χ2n) is 5.81. The summed E-state index contributed by atoms with van der Waals surface area (Å²) in [4.78, 5) is 21.8. The third-order valence-electron chi connectivity index (χ3n) is 4.10. The summed E-state index contributed by atoms with van der Waals surface area (Å²) in [7, 11) is 0. The number of aromatic nitrogens is 1. The minimum absolute atomic E-state index is 0.00164. The van der Waals surface area contributed by atoms with Gasteiger partial charge in [0.2, 0.25) is 0 Å². The highest BCUT2D eigenvalue weighted by molar-refractivity contribution is 7.21. The Hall–Kier alpha value is -1.98. The molecule has 0 bridgehead atoms. The average Bonchev–Trinajstić information content (AvgIpc) is 3.23. The van der Waals surface area contributed by atoms with Crippen molar-refractivity contribution in [2.45, 2.75) is 26.3 Å². The van der Waals surface area contributed by atoms with Crippen LogP contribution in [0.3, 0.4) is 0 Å². The SMILES string of the molecule is Cc1ccc(-c2nc(C(=O)N3c4ccccc4CC3C)cs2)s1. The van der Waals surface area contributed by atoms with Crippen molar-refractivity contribution in [1.82, 2.24) is 4.98 Å². The Morgan fingerprint density at radius 3 is 2.87 bits per heavy atom. The molecule has 1 unspecified atom stereocenters. The number of benzene rings is 1. The second-order valence-corrected chi connectivity index (χ2v) is 7.95. The van der Waals surface area contributed by atoms with Crippen LogP contribution < -0.4 is 4.90 Å². The zero-order chi connectivity index (χ0) is 16.0. The number of fused-ring (bicyclic) bond motifs is 1. The van der Waals surface area contributed by atoms with Gasteiger partial charge in [-0.25, -0.2) is 4.98 Å². The molecule has 1 atom stereocenters. The summed E-state index contributed by atoms with van der Waals surface area (Å²) in [6.07, 6.45) is 0.906. The monoisotopic (exact) mass is 340 g/mol. The highest BCUT2D eigenvalue weighted by Crippen LogP contribution is 2.35. The molecule has 0 spiro atoms. The number of carbonyl (C=O) groups is 1. The van der Waals surface area contributed by atoms with E-state index in [4.69, 9.17) is 0 Å². The van der Waals surface area contributed by atoms with E-state index in [0.29, 0.717) is 5.69 Å². The quantitative estimate of drug-likeness (QED) is 0.673. The lowest BCUT2D eigenvalue weighted by molar-refractivity contribution is 0.0977. The van der Waals surface area contributed by atoms with E-state index >= 15 is 0 Å². The molecule has 23 heavy (non-hydrogen) atoms. The number of rotatable bonds is 2. The maximum atomic E-state index is 12.9. The summed E-state index contributed by atoms with van der Waals surface area (Å²) < 4.78 is 0. The molecule has 4 rings (SSSR count). The molecule has 0 radical (unpaired) electrons. The maximum absolute atomic E-state index is 12.9. The lowest BCUT2D eigenvalue weighted by atomic mass is 10.1. The summed E-state index contributed by atoms with van der Waals surface area (Å²) in [5.41, 5.74) is 2.80. The van der Waals surface area contributed by atoms with Gasteiger partial charge in [0.25, 0.3) is 5.91 Å². The van der Waals surface area contributed by atoms with Crippen LogP contribution in [0.5, 0.6) is 0 Å². The number of amides is 1. The lowest BCUT2D eigenvalue weighted by Gasteiger charge is -2.21. The van der Waals surface area contributed by atoms with Gasteiger partial charge in [-0.3, -0.25) is 4.79 Å². The van der Waals surface area contributed by atoms with Crippen LogP contribution in [0.15, 0.2) is 41.8 Å². The molecule has 1 aliphatic heterocycles. The standard InChI is InChI=1S/C18H16N2OS2/c1-11-9-13-5-3-4-6-15(13)20(11)18(21)14-10-22-17(19-14)16-8-7-12(2)23-16/h3-8,10-11H,9H2,1-2H3. The molecule has 116 valence electrons. The van der Waals surface area contributed by atoms with Crippen molar-refractivity contribution >= 4 is 34.3 Å². The molecule has 1 aliphatic rings. The van der Waals surface area contributed by atoms with Crippen molar-refractivity contribution in [3.63, 3.8) is 0 Å². The van der Waals surface area contributed by atoms with Crippen molar-refractivity contribution in [2.75, 3.05) is 4.90 Å². The molecule has 0 saturated heterocycles. The molecular formula is C18H16N2OS2. The fourth-order valence-electron chi connectivity index (χ4n) is 3.03. The van der Waals surface area contributed by atoms with Crippen LogP contribution in [-0.2, 0) is 6.42 Å². The third-order valence-corrected chi connectivity index (χ3v) is 6.11. The van der Waals surface area contributed by atoms with Gasteiger partial charge in [0.05, 0.1) is 4.88 Å². The van der Waals surface area contributed by atoms with Gasteiger partial charge in [-0.2, -0.15) is 0 Å². The van der Waals surface area contributed by atoms with Gasteiger partial charge >= 0.3 is 0 Å². The molecule has 0 fully saturated rings. The minimum Gasteiger partial charge on any atom is -0.304 e. The van der Waals surface area contributed by atoms with Gasteiger partial charge in [-0.15, -0.1) is 22.7 Å². The van der Waals surface area contributed by atoms with Crippen LogP contribution in [0.25, 0.3) is 9.88 Å². The smallest absolute Gasteiger partial charge is 0.278 e. The van der Waals surface area contributed by atoms with Gasteiger partial charge in [0.1, 0.15) is 10.7 Å². The number of aryl methyl sites for hydroxylation is 1. The second kappa shape index (κ2) is 5.58. The largest absolute Gasteiger partial charge is 0.304 e. The first-order valence-electron chi connectivity index (χ1n) is 7.57. The summed E-state index contributed by atoms with van der Waals surface area (Å²) >= 11 is 3.25. The first-order valence-corrected chi connectivity index (χ1v) is 9.27. The normalized spacial score (nSPS) is 16.6. The molecule has 0 saturated carbocycles. The molecule has 5 heteroatoms. The zero-order valence-electron chi connectivity index (χ0n) is 12.9. The molecule has 1 amide bonds. The predicted octanol–water partition coefficient (Wildman–Crippen LogP) is 4.77. The number of nitrogens with zero attached hydrogens (tertiary/aromatic N) is 2. The molecular weight excluding hydrogens is 324 g/mol. The first-order chi connectivity index (χ1) is 11.1. The molecule has 0 N–H and O–H groups in total. The van der Waals surface area contributed by atoms with E-state index in [1.807, 2.05) is 28.5 Å². The summed E-state index contributed by atoms with van der Waals surface area (Å²) in [6.45, 7) is 4.17. The number of thiazole rings is 1. The summed E-state index contributed by atoms with van der Waals surface area (Å²) in [6, 6.07) is 12.5. The lowest BCUT2D eigenvalue weighted by Crippen LogP contribution is -2.35.